The number of sulfonamides is 1. The smallest absolute Gasteiger partial charge is 0.244 e. The van der Waals surface area contributed by atoms with E-state index in [1.54, 1.807) is 6.92 Å². The molecule has 106 valence electrons. The Morgan fingerprint density at radius 1 is 1.45 bits per heavy atom. The number of carbonyl (C=O) groups is 1. The predicted octanol–water partition coefficient (Wildman–Crippen LogP) is 1.81. The Morgan fingerprint density at radius 3 is 2.75 bits per heavy atom. The number of Topliss-reactive ketones (excluding diaryl/α,β-unsaturated/α-hetero) is 1. The van der Waals surface area contributed by atoms with Crippen LogP contribution < -0.4 is 0 Å². The van der Waals surface area contributed by atoms with Gasteiger partial charge in [-0.15, -0.1) is 0 Å². The summed E-state index contributed by atoms with van der Waals surface area (Å²) < 4.78 is 26.3. The van der Waals surface area contributed by atoms with E-state index in [2.05, 4.69) is 0 Å². The second-order valence-electron chi connectivity index (χ2n) is 4.74. The highest BCUT2D eigenvalue weighted by Crippen LogP contribution is 2.28. The molecule has 2 rings (SSSR count). The Morgan fingerprint density at radius 2 is 2.15 bits per heavy atom. The van der Waals surface area contributed by atoms with Crippen LogP contribution in [-0.4, -0.2) is 31.6 Å². The van der Waals surface area contributed by atoms with Crippen LogP contribution in [0.1, 0.15) is 18.9 Å². The highest BCUT2D eigenvalue weighted by atomic mass is 35.5. The molecule has 1 unspecified atom stereocenters. The second-order valence-corrected chi connectivity index (χ2v) is 7.05. The number of carbonyl (C=O) groups excluding carboxylic acids is 1. The van der Waals surface area contributed by atoms with Gasteiger partial charge in [-0.05, 0) is 18.2 Å². The van der Waals surface area contributed by atoms with Crippen molar-refractivity contribution in [2.24, 2.45) is 5.92 Å². The van der Waals surface area contributed by atoms with Crippen LogP contribution in [0, 0.1) is 17.2 Å². The number of benzene rings is 1. The molecule has 0 aromatic heterocycles. The van der Waals surface area contributed by atoms with Crippen LogP contribution in [0.5, 0.6) is 0 Å². The molecule has 1 saturated heterocycles. The molecule has 0 amide bonds. The lowest BCUT2D eigenvalue weighted by Crippen LogP contribution is -2.43. The van der Waals surface area contributed by atoms with Crippen molar-refractivity contribution >= 4 is 27.4 Å². The first-order valence-corrected chi connectivity index (χ1v) is 7.90. The lowest BCUT2D eigenvalue weighted by atomic mass is 10.0. The van der Waals surface area contributed by atoms with Crippen LogP contribution in [0.4, 0.5) is 0 Å². The number of nitrogens with zero attached hydrogens (tertiary/aromatic N) is 2. The Kier molecular flexibility index (Phi) is 4.14. The molecule has 1 heterocycles. The van der Waals surface area contributed by atoms with Crippen molar-refractivity contribution in [2.75, 3.05) is 13.1 Å². The molecule has 1 aromatic rings. The zero-order valence-electron chi connectivity index (χ0n) is 10.8. The summed E-state index contributed by atoms with van der Waals surface area (Å²) >= 11 is 5.94. The van der Waals surface area contributed by atoms with Crippen LogP contribution in [0.2, 0.25) is 5.02 Å². The maximum absolute atomic E-state index is 12.5. The Labute approximate surface area is 122 Å². The minimum Gasteiger partial charge on any atom is -0.299 e. The van der Waals surface area contributed by atoms with Crippen molar-refractivity contribution in [3.63, 3.8) is 0 Å². The Bertz CT molecular complexity index is 694. The van der Waals surface area contributed by atoms with Crippen LogP contribution in [0.3, 0.4) is 0 Å². The van der Waals surface area contributed by atoms with E-state index in [0.29, 0.717) is 0 Å². The standard InChI is InChI=1S/C13H13ClN2O3S/c1-9-8-16(5-4-12(9)17)20(18,19)13-6-10(7-15)2-3-11(13)14/h2-3,6,9H,4-5,8H2,1H3. The topological polar surface area (TPSA) is 78.2 Å². The molecule has 0 bridgehead atoms. The summed E-state index contributed by atoms with van der Waals surface area (Å²) in [6.07, 6.45) is 0.204. The summed E-state index contributed by atoms with van der Waals surface area (Å²) in [6, 6.07) is 6.01. The fourth-order valence-electron chi connectivity index (χ4n) is 2.11. The fraction of sp³-hybridized carbons (Fsp3) is 0.385. The zero-order valence-corrected chi connectivity index (χ0v) is 12.4. The van der Waals surface area contributed by atoms with Gasteiger partial charge in [0.1, 0.15) is 10.7 Å². The quantitative estimate of drug-likeness (QED) is 0.834. The highest BCUT2D eigenvalue weighted by Gasteiger charge is 2.33. The first-order chi connectivity index (χ1) is 9.36. The van der Waals surface area contributed by atoms with Gasteiger partial charge in [0.25, 0.3) is 0 Å². The molecule has 0 saturated carbocycles. The van der Waals surface area contributed by atoms with Crippen LogP contribution in [0.15, 0.2) is 23.1 Å². The van der Waals surface area contributed by atoms with Crippen molar-refractivity contribution in [1.29, 1.82) is 5.26 Å². The molecule has 0 N–H and O–H groups in total. The number of nitriles is 1. The van der Waals surface area contributed by atoms with Gasteiger partial charge in [0.15, 0.2) is 0 Å². The van der Waals surface area contributed by atoms with Gasteiger partial charge in [-0.1, -0.05) is 18.5 Å². The number of piperidine rings is 1. The summed E-state index contributed by atoms with van der Waals surface area (Å²) in [7, 11) is -3.78. The third-order valence-corrected chi connectivity index (χ3v) is 5.66. The maximum Gasteiger partial charge on any atom is 0.244 e. The summed E-state index contributed by atoms with van der Waals surface area (Å²) in [5.41, 5.74) is 0.231. The summed E-state index contributed by atoms with van der Waals surface area (Å²) in [6.45, 7) is 2.00. The number of rotatable bonds is 2. The molecular weight excluding hydrogens is 300 g/mol. The van der Waals surface area contributed by atoms with Crippen molar-refractivity contribution in [3.05, 3.63) is 28.8 Å². The van der Waals surface area contributed by atoms with Gasteiger partial charge in [0, 0.05) is 25.4 Å². The van der Waals surface area contributed by atoms with E-state index in [9.17, 15) is 13.2 Å². The molecule has 1 fully saturated rings. The SMILES string of the molecule is CC1CN(S(=O)(=O)c2cc(C#N)ccc2Cl)CCC1=O. The van der Waals surface area contributed by atoms with E-state index >= 15 is 0 Å². The van der Waals surface area contributed by atoms with Crippen LogP contribution in [-0.2, 0) is 14.8 Å². The third kappa shape index (κ3) is 2.70. The van der Waals surface area contributed by atoms with Gasteiger partial charge in [0.05, 0.1) is 16.7 Å². The molecule has 0 spiro atoms. The molecule has 20 heavy (non-hydrogen) atoms. The molecule has 1 aromatic carbocycles. The van der Waals surface area contributed by atoms with Gasteiger partial charge in [-0.3, -0.25) is 4.79 Å². The minimum atomic E-state index is -3.78. The van der Waals surface area contributed by atoms with E-state index in [4.69, 9.17) is 16.9 Å². The summed E-state index contributed by atoms with van der Waals surface area (Å²) in [5.74, 6) is -0.259. The van der Waals surface area contributed by atoms with E-state index < -0.39 is 10.0 Å². The lowest BCUT2D eigenvalue weighted by molar-refractivity contribution is -0.124. The number of hydrogen-bond acceptors (Lipinski definition) is 4. The molecule has 1 aliphatic rings. The Balaban J connectivity index is 2.41. The first kappa shape index (κ1) is 15.0. The average Bonchev–Trinajstić information content (AvgIpc) is 2.42. The predicted molar refractivity (Wildman–Crippen MR) is 73.7 cm³/mol. The minimum absolute atomic E-state index is 0.0633. The van der Waals surface area contributed by atoms with Gasteiger partial charge in [-0.25, -0.2) is 8.42 Å². The van der Waals surface area contributed by atoms with Crippen molar-refractivity contribution in [2.45, 2.75) is 18.2 Å². The summed E-state index contributed by atoms with van der Waals surface area (Å²) in [4.78, 5) is 11.4. The third-order valence-electron chi connectivity index (χ3n) is 3.31. The van der Waals surface area contributed by atoms with Gasteiger partial charge in [0.2, 0.25) is 10.0 Å². The van der Waals surface area contributed by atoms with Gasteiger partial charge < -0.3 is 0 Å². The first-order valence-electron chi connectivity index (χ1n) is 6.09. The van der Waals surface area contributed by atoms with E-state index in [1.165, 1.54) is 22.5 Å². The molecule has 7 heteroatoms. The van der Waals surface area contributed by atoms with Gasteiger partial charge in [-0.2, -0.15) is 9.57 Å². The maximum atomic E-state index is 12.5. The Hall–Kier alpha value is -1.42. The van der Waals surface area contributed by atoms with Crippen molar-refractivity contribution in [1.82, 2.24) is 4.31 Å². The fourth-order valence-corrected chi connectivity index (χ4v) is 4.14. The van der Waals surface area contributed by atoms with Crippen molar-refractivity contribution < 1.29 is 13.2 Å². The molecule has 0 radical (unpaired) electrons. The molecule has 5 nitrogen and oxygen atoms in total. The largest absolute Gasteiger partial charge is 0.299 e. The molecule has 1 aliphatic heterocycles. The molecule has 1 atom stereocenters. The average molecular weight is 313 g/mol. The number of hydrogen-bond donors (Lipinski definition) is 0. The highest BCUT2D eigenvalue weighted by molar-refractivity contribution is 7.89. The normalized spacial score (nSPS) is 20.6. The summed E-state index contributed by atoms with van der Waals surface area (Å²) in [5, 5.41) is 8.94. The van der Waals surface area contributed by atoms with Crippen LogP contribution in [0.25, 0.3) is 0 Å². The van der Waals surface area contributed by atoms with Crippen LogP contribution >= 0.6 is 11.6 Å². The lowest BCUT2D eigenvalue weighted by Gasteiger charge is -2.29. The second kappa shape index (κ2) is 5.52. The number of ketones is 1. The monoisotopic (exact) mass is 312 g/mol. The van der Waals surface area contributed by atoms with E-state index in [0.717, 1.165) is 0 Å². The zero-order chi connectivity index (χ0) is 14.9. The number of halogens is 1. The van der Waals surface area contributed by atoms with Crippen molar-refractivity contribution in [3.8, 4) is 6.07 Å². The molecular formula is C13H13ClN2O3S. The van der Waals surface area contributed by atoms with E-state index in [-0.39, 0.29) is 46.7 Å². The van der Waals surface area contributed by atoms with Gasteiger partial charge >= 0.3 is 0 Å². The molecule has 0 aliphatic carbocycles. The van der Waals surface area contributed by atoms with E-state index in [1.807, 2.05) is 6.07 Å².